The Kier molecular flexibility index (Phi) is 4.57. The highest BCUT2D eigenvalue weighted by atomic mass is 16.7. The molecule has 0 atom stereocenters. The van der Waals surface area contributed by atoms with Crippen LogP contribution in [0, 0.1) is 0 Å². The highest BCUT2D eigenvalue weighted by Gasteiger charge is 2.25. The number of ether oxygens (including phenoxy) is 3. The van der Waals surface area contributed by atoms with E-state index in [1.54, 1.807) is 0 Å². The summed E-state index contributed by atoms with van der Waals surface area (Å²) in [5.41, 5.74) is 2.82. The summed E-state index contributed by atoms with van der Waals surface area (Å²) < 4.78 is 15.7. The van der Waals surface area contributed by atoms with Gasteiger partial charge in [-0.3, -0.25) is 0 Å². The fourth-order valence-corrected chi connectivity index (χ4v) is 3.01. The monoisotopic (exact) mass is 338 g/mol. The number of carbonyl (C=O) groups excluding carboxylic acids is 2. The molecule has 0 fully saturated rings. The van der Waals surface area contributed by atoms with Gasteiger partial charge >= 0.3 is 12.1 Å². The summed E-state index contributed by atoms with van der Waals surface area (Å²) in [6.07, 6.45) is 3.61. The number of allylic oxidation sites excluding steroid dienone is 2. The SMILES string of the molecule is C=CC(=O)Oc1c2c(c(OC(=O)OC)c3ccccc13)CC=C(C)C2. The number of fused-ring (bicyclic) bond motifs is 2. The van der Waals surface area contributed by atoms with Crippen LogP contribution in [0.25, 0.3) is 10.8 Å². The van der Waals surface area contributed by atoms with Gasteiger partial charge in [0.25, 0.3) is 0 Å². The van der Waals surface area contributed by atoms with E-state index in [0.29, 0.717) is 35.1 Å². The number of benzene rings is 2. The second-order valence-corrected chi connectivity index (χ2v) is 5.77. The molecule has 2 aromatic rings. The summed E-state index contributed by atoms with van der Waals surface area (Å²) in [7, 11) is 1.27. The first-order valence-electron chi connectivity index (χ1n) is 7.87. The second-order valence-electron chi connectivity index (χ2n) is 5.77. The summed E-state index contributed by atoms with van der Waals surface area (Å²) in [4.78, 5) is 23.6. The predicted octanol–water partition coefficient (Wildman–Crippen LogP) is 4.12. The van der Waals surface area contributed by atoms with Gasteiger partial charge in [0.2, 0.25) is 0 Å². The van der Waals surface area contributed by atoms with Crippen LogP contribution in [0.15, 0.2) is 48.6 Å². The molecule has 0 heterocycles. The lowest BCUT2D eigenvalue weighted by Gasteiger charge is -2.23. The number of hydrogen-bond donors (Lipinski definition) is 0. The van der Waals surface area contributed by atoms with Crippen molar-refractivity contribution in [3.05, 3.63) is 59.7 Å². The molecule has 0 radical (unpaired) electrons. The summed E-state index contributed by atoms with van der Waals surface area (Å²) in [5.74, 6) is 0.404. The van der Waals surface area contributed by atoms with Gasteiger partial charge in [-0.05, 0) is 19.8 Å². The van der Waals surface area contributed by atoms with Crippen LogP contribution in [-0.4, -0.2) is 19.2 Å². The smallest absolute Gasteiger partial charge is 0.437 e. The molecule has 1 aliphatic carbocycles. The van der Waals surface area contributed by atoms with Crippen LogP contribution in [-0.2, 0) is 22.4 Å². The van der Waals surface area contributed by atoms with E-state index in [1.165, 1.54) is 7.11 Å². The summed E-state index contributed by atoms with van der Waals surface area (Å²) >= 11 is 0. The van der Waals surface area contributed by atoms with Crippen molar-refractivity contribution in [2.24, 2.45) is 0 Å². The molecule has 0 aromatic heterocycles. The minimum atomic E-state index is -0.783. The Morgan fingerprint density at radius 1 is 1.08 bits per heavy atom. The van der Waals surface area contributed by atoms with Gasteiger partial charge in [0.15, 0.2) is 0 Å². The maximum atomic E-state index is 11.8. The largest absolute Gasteiger partial charge is 0.513 e. The van der Waals surface area contributed by atoms with Crippen LogP contribution in [0.3, 0.4) is 0 Å². The van der Waals surface area contributed by atoms with Gasteiger partial charge in [-0.1, -0.05) is 42.5 Å². The molecule has 0 saturated heterocycles. The third-order valence-corrected chi connectivity index (χ3v) is 4.16. The lowest BCUT2D eigenvalue weighted by molar-refractivity contribution is -0.128. The Bertz CT molecular complexity index is 908. The van der Waals surface area contributed by atoms with Gasteiger partial charge in [-0.25, -0.2) is 9.59 Å². The summed E-state index contributed by atoms with van der Waals surface area (Å²) in [6.45, 7) is 5.47. The Hall–Kier alpha value is -3.08. The van der Waals surface area contributed by atoms with Crippen molar-refractivity contribution in [3.8, 4) is 11.5 Å². The molecule has 5 heteroatoms. The predicted molar refractivity (Wildman–Crippen MR) is 94.0 cm³/mol. The zero-order valence-electron chi connectivity index (χ0n) is 14.1. The van der Waals surface area contributed by atoms with Crippen LogP contribution in [0.5, 0.6) is 11.5 Å². The zero-order chi connectivity index (χ0) is 18.0. The van der Waals surface area contributed by atoms with Crippen molar-refractivity contribution >= 4 is 22.9 Å². The lowest BCUT2D eigenvalue weighted by Crippen LogP contribution is -2.14. The maximum Gasteiger partial charge on any atom is 0.513 e. The third-order valence-electron chi connectivity index (χ3n) is 4.16. The molecule has 0 unspecified atom stereocenters. The molecular formula is C20H18O5. The molecule has 0 aliphatic heterocycles. The van der Waals surface area contributed by atoms with E-state index in [1.807, 2.05) is 31.2 Å². The van der Waals surface area contributed by atoms with Crippen LogP contribution in [0.1, 0.15) is 18.1 Å². The van der Waals surface area contributed by atoms with Gasteiger partial charge in [-0.2, -0.15) is 0 Å². The van der Waals surface area contributed by atoms with E-state index in [9.17, 15) is 9.59 Å². The van der Waals surface area contributed by atoms with Gasteiger partial charge in [0.1, 0.15) is 11.5 Å². The van der Waals surface area contributed by atoms with Crippen molar-refractivity contribution < 1.29 is 23.8 Å². The Morgan fingerprint density at radius 3 is 2.32 bits per heavy atom. The highest BCUT2D eigenvalue weighted by Crippen LogP contribution is 2.44. The Labute approximate surface area is 145 Å². The standard InChI is InChI=1S/C20H18O5/c1-4-17(21)24-19-14-8-6-5-7-13(14)18(25-20(22)23-3)15-10-9-12(2)11-16(15)19/h4-9H,1,10-11H2,2-3H3. The molecule has 1 aliphatic rings. The molecule has 0 spiro atoms. The van der Waals surface area contributed by atoms with E-state index >= 15 is 0 Å². The molecule has 3 rings (SSSR count). The number of carbonyl (C=O) groups is 2. The molecule has 0 N–H and O–H groups in total. The van der Waals surface area contributed by atoms with Crippen molar-refractivity contribution in [3.63, 3.8) is 0 Å². The fraction of sp³-hybridized carbons (Fsp3) is 0.200. The molecular weight excluding hydrogens is 320 g/mol. The first-order valence-corrected chi connectivity index (χ1v) is 7.87. The molecule has 0 saturated carbocycles. The van der Waals surface area contributed by atoms with Gasteiger partial charge in [0, 0.05) is 28.0 Å². The summed E-state index contributed by atoms with van der Waals surface area (Å²) in [6, 6.07) is 7.33. The van der Waals surface area contributed by atoms with E-state index < -0.39 is 12.1 Å². The van der Waals surface area contributed by atoms with Crippen LogP contribution in [0.4, 0.5) is 4.79 Å². The van der Waals surface area contributed by atoms with Crippen molar-refractivity contribution in [2.75, 3.05) is 7.11 Å². The quantitative estimate of drug-likeness (QED) is 0.277. The average Bonchev–Trinajstić information content (AvgIpc) is 2.63. The maximum absolute atomic E-state index is 11.8. The first kappa shape index (κ1) is 16.8. The molecule has 0 bridgehead atoms. The van der Waals surface area contributed by atoms with E-state index in [0.717, 1.165) is 22.8 Å². The molecule has 2 aromatic carbocycles. The molecule has 25 heavy (non-hydrogen) atoms. The fourth-order valence-electron chi connectivity index (χ4n) is 3.01. The topological polar surface area (TPSA) is 61.8 Å². The molecule has 0 amide bonds. The minimum absolute atomic E-state index is 0.444. The van der Waals surface area contributed by atoms with E-state index in [4.69, 9.17) is 9.47 Å². The normalized spacial score (nSPS) is 12.8. The first-order chi connectivity index (χ1) is 12.0. The number of methoxy groups -OCH3 is 1. The van der Waals surface area contributed by atoms with Crippen LogP contribution >= 0.6 is 0 Å². The van der Waals surface area contributed by atoms with Crippen molar-refractivity contribution in [2.45, 2.75) is 19.8 Å². The highest BCUT2D eigenvalue weighted by molar-refractivity contribution is 5.99. The molecule has 5 nitrogen and oxygen atoms in total. The molecule has 128 valence electrons. The average molecular weight is 338 g/mol. The number of rotatable bonds is 3. The van der Waals surface area contributed by atoms with E-state index in [-0.39, 0.29) is 0 Å². The number of esters is 1. The zero-order valence-corrected chi connectivity index (χ0v) is 14.1. The Balaban J connectivity index is 2.30. The summed E-state index contributed by atoms with van der Waals surface area (Å²) in [5, 5.41) is 1.39. The van der Waals surface area contributed by atoms with E-state index in [2.05, 4.69) is 17.4 Å². The van der Waals surface area contributed by atoms with Gasteiger partial charge in [-0.15, -0.1) is 0 Å². The third kappa shape index (κ3) is 3.13. The van der Waals surface area contributed by atoms with Crippen molar-refractivity contribution in [1.29, 1.82) is 0 Å². The Morgan fingerprint density at radius 2 is 1.72 bits per heavy atom. The van der Waals surface area contributed by atoms with Crippen LogP contribution in [0.2, 0.25) is 0 Å². The van der Waals surface area contributed by atoms with Gasteiger partial charge < -0.3 is 14.2 Å². The number of hydrogen-bond acceptors (Lipinski definition) is 5. The minimum Gasteiger partial charge on any atom is -0.437 e. The van der Waals surface area contributed by atoms with Crippen molar-refractivity contribution in [1.82, 2.24) is 0 Å². The second kappa shape index (κ2) is 6.81. The lowest BCUT2D eigenvalue weighted by atomic mass is 9.87. The van der Waals surface area contributed by atoms with Crippen LogP contribution < -0.4 is 9.47 Å². The van der Waals surface area contributed by atoms with Gasteiger partial charge in [0.05, 0.1) is 7.11 Å².